The summed E-state index contributed by atoms with van der Waals surface area (Å²) in [6.45, 7) is 2.56. The van der Waals surface area contributed by atoms with Crippen LogP contribution in [-0.2, 0) is 21.2 Å². The molecule has 27 heavy (non-hydrogen) atoms. The Kier molecular flexibility index (Phi) is 4.69. The van der Waals surface area contributed by atoms with Crippen molar-refractivity contribution in [3.63, 3.8) is 0 Å². The molecule has 1 amide bonds. The number of carbonyl (C=O) groups is 1. The van der Waals surface area contributed by atoms with Crippen LogP contribution in [0.3, 0.4) is 0 Å². The van der Waals surface area contributed by atoms with E-state index in [-0.39, 0.29) is 11.3 Å². The summed E-state index contributed by atoms with van der Waals surface area (Å²) in [4.78, 5) is 12.8. The van der Waals surface area contributed by atoms with E-state index in [4.69, 9.17) is 0 Å². The first-order valence-electron chi connectivity index (χ1n) is 9.99. The maximum Gasteiger partial charge on any atom is 0.244 e. The zero-order chi connectivity index (χ0) is 19.2. The van der Waals surface area contributed by atoms with E-state index in [1.165, 1.54) is 50.4 Å². The Labute approximate surface area is 162 Å². The average Bonchev–Trinajstić information content (AvgIpc) is 2.58. The fourth-order valence-electron chi connectivity index (χ4n) is 6.04. The molecule has 4 saturated carbocycles. The highest BCUT2D eigenvalue weighted by Crippen LogP contribution is 2.62. The minimum absolute atomic E-state index is 0.0459. The molecule has 5 heteroatoms. The van der Waals surface area contributed by atoms with Gasteiger partial charge in [-0.15, -0.1) is 0 Å². The smallest absolute Gasteiger partial charge is 0.244 e. The predicted octanol–water partition coefficient (Wildman–Crippen LogP) is 3.87. The van der Waals surface area contributed by atoms with Gasteiger partial charge in [0, 0.05) is 18.9 Å². The molecular weight excluding hydrogens is 358 g/mol. The summed E-state index contributed by atoms with van der Waals surface area (Å²) in [6, 6.07) is 6.69. The van der Waals surface area contributed by atoms with Gasteiger partial charge in [0.15, 0.2) is 9.84 Å². The number of hydrogen-bond acceptors (Lipinski definition) is 3. The second kappa shape index (κ2) is 6.77. The van der Waals surface area contributed by atoms with Gasteiger partial charge in [-0.05, 0) is 86.3 Å². The Balaban J connectivity index is 1.39. The SMILES string of the molecule is C/C(=C/C(=O)NCc1ccc(S(C)(=O)=O)cc1)C12CC3CC(CC(C3)C1)C2. The summed E-state index contributed by atoms with van der Waals surface area (Å²) < 4.78 is 23.0. The van der Waals surface area contributed by atoms with Crippen molar-refractivity contribution in [2.75, 3.05) is 6.26 Å². The third kappa shape index (κ3) is 3.84. The van der Waals surface area contributed by atoms with Crippen molar-refractivity contribution in [3.8, 4) is 0 Å². The second-order valence-corrected chi connectivity index (χ2v) is 11.2. The van der Waals surface area contributed by atoms with Crippen molar-refractivity contribution in [1.29, 1.82) is 0 Å². The summed E-state index contributed by atoms with van der Waals surface area (Å²) >= 11 is 0. The number of benzene rings is 1. The van der Waals surface area contributed by atoms with Crippen LogP contribution in [0.4, 0.5) is 0 Å². The molecule has 0 aliphatic heterocycles. The van der Waals surface area contributed by atoms with Crippen LogP contribution < -0.4 is 5.32 Å². The lowest BCUT2D eigenvalue weighted by molar-refractivity contribution is -0.116. The standard InChI is InChI=1S/C22H29NO3S/c1-15(22-11-17-8-18(12-22)10-19(9-17)13-22)7-21(24)23-14-16-3-5-20(6-4-16)27(2,25)26/h3-7,17-19H,8-14H2,1-2H3,(H,23,24)/b15-7-. The Hall–Kier alpha value is -1.62. The van der Waals surface area contributed by atoms with Gasteiger partial charge in [0.25, 0.3) is 0 Å². The minimum atomic E-state index is -3.19. The van der Waals surface area contributed by atoms with E-state index < -0.39 is 9.84 Å². The molecule has 0 heterocycles. The largest absolute Gasteiger partial charge is 0.348 e. The van der Waals surface area contributed by atoms with Crippen LogP contribution >= 0.6 is 0 Å². The quantitative estimate of drug-likeness (QED) is 0.780. The molecule has 0 unspecified atom stereocenters. The van der Waals surface area contributed by atoms with E-state index in [9.17, 15) is 13.2 Å². The fraction of sp³-hybridized carbons (Fsp3) is 0.591. The second-order valence-electron chi connectivity index (χ2n) is 9.16. The molecule has 4 aliphatic rings. The summed E-state index contributed by atoms with van der Waals surface area (Å²) in [5.41, 5.74) is 2.42. The molecule has 0 radical (unpaired) electrons. The molecule has 4 bridgehead atoms. The maximum absolute atomic E-state index is 12.5. The highest BCUT2D eigenvalue weighted by atomic mass is 32.2. The first kappa shape index (κ1) is 18.7. The summed E-state index contributed by atoms with van der Waals surface area (Å²) in [6.07, 6.45) is 11.0. The number of allylic oxidation sites excluding steroid dienone is 1. The number of carbonyl (C=O) groups excluding carboxylic acids is 1. The van der Waals surface area contributed by atoms with Crippen molar-refractivity contribution in [1.82, 2.24) is 5.32 Å². The van der Waals surface area contributed by atoms with Gasteiger partial charge in [0.1, 0.15) is 0 Å². The molecule has 4 fully saturated rings. The predicted molar refractivity (Wildman–Crippen MR) is 106 cm³/mol. The van der Waals surface area contributed by atoms with Crippen LogP contribution in [0.5, 0.6) is 0 Å². The number of rotatable bonds is 5. The van der Waals surface area contributed by atoms with Gasteiger partial charge < -0.3 is 5.32 Å². The topological polar surface area (TPSA) is 63.2 Å². The van der Waals surface area contributed by atoms with Crippen molar-refractivity contribution in [2.45, 2.75) is 56.9 Å². The van der Waals surface area contributed by atoms with Crippen LogP contribution in [0.15, 0.2) is 40.8 Å². The monoisotopic (exact) mass is 387 g/mol. The first-order valence-corrected chi connectivity index (χ1v) is 11.9. The molecule has 0 atom stereocenters. The highest BCUT2D eigenvalue weighted by Gasteiger charge is 2.51. The van der Waals surface area contributed by atoms with Crippen LogP contribution in [-0.4, -0.2) is 20.6 Å². The third-order valence-electron chi connectivity index (χ3n) is 7.04. The van der Waals surface area contributed by atoms with E-state index in [1.54, 1.807) is 24.3 Å². The minimum Gasteiger partial charge on any atom is -0.348 e. The third-order valence-corrected chi connectivity index (χ3v) is 8.17. The number of hydrogen-bond donors (Lipinski definition) is 1. The Morgan fingerprint density at radius 1 is 1.07 bits per heavy atom. The Morgan fingerprint density at radius 2 is 1.59 bits per heavy atom. The molecule has 4 nitrogen and oxygen atoms in total. The lowest BCUT2D eigenvalue weighted by Gasteiger charge is -2.57. The summed E-state index contributed by atoms with van der Waals surface area (Å²) in [7, 11) is -3.19. The van der Waals surface area contributed by atoms with Crippen molar-refractivity contribution < 1.29 is 13.2 Å². The van der Waals surface area contributed by atoms with Gasteiger partial charge in [0.2, 0.25) is 5.91 Å². The van der Waals surface area contributed by atoms with Crippen LogP contribution in [0.1, 0.15) is 51.0 Å². The van der Waals surface area contributed by atoms with Gasteiger partial charge in [0.05, 0.1) is 4.90 Å². The van der Waals surface area contributed by atoms with Gasteiger partial charge in [-0.2, -0.15) is 0 Å². The summed E-state index contributed by atoms with van der Waals surface area (Å²) in [5, 5.41) is 2.96. The molecule has 5 rings (SSSR count). The molecule has 1 N–H and O–H groups in total. The molecule has 1 aromatic carbocycles. The van der Waals surface area contributed by atoms with E-state index >= 15 is 0 Å². The van der Waals surface area contributed by atoms with Gasteiger partial charge in [-0.1, -0.05) is 17.7 Å². The zero-order valence-corrected chi connectivity index (χ0v) is 17.0. The summed E-state index contributed by atoms with van der Waals surface area (Å²) in [5.74, 6) is 2.57. The lowest BCUT2D eigenvalue weighted by Crippen LogP contribution is -2.46. The molecule has 146 valence electrons. The fourth-order valence-corrected chi connectivity index (χ4v) is 6.67. The van der Waals surface area contributed by atoms with E-state index in [0.29, 0.717) is 11.4 Å². The Bertz CT molecular complexity index is 832. The van der Waals surface area contributed by atoms with Gasteiger partial charge >= 0.3 is 0 Å². The Morgan fingerprint density at radius 3 is 2.07 bits per heavy atom. The van der Waals surface area contributed by atoms with Crippen molar-refractivity contribution in [2.24, 2.45) is 23.2 Å². The van der Waals surface area contributed by atoms with Gasteiger partial charge in [-0.3, -0.25) is 4.79 Å². The number of sulfone groups is 1. The normalized spacial score (nSPS) is 32.5. The van der Waals surface area contributed by atoms with Gasteiger partial charge in [-0.25, -0.2) is 8.42 Å². The molecule has 0 spiro atoms. The van der Waals surface area contributed by atoms with Crippen molar-refractivity contribution in [3.05, 3.63) is 41.5 Å². The first-order chi connectivity index (χ1) is 12.7. The maximum atomic E-state index is 12.5. The number of amides is 1. The van der Waals surface area contributed by atoms with Crippen LogP contribution in [0.25, 0.3) is 0 Å². The lowest BCUT2D eigenvalue weighted by atomic mass is 9.48. The molecular formula is C22H29NO3S. The number of nitrogens with one attached hydrogen (secondary N) is 1. The highest BCUT2D eigenvalue weighted by molar-refractivity contribution is 7.90. The molecule has 4 aliphatic carbocycles. The zero-order valence-electron chi connectivity index (χ0n) is 16.2. The van der Waals surface area contributed by atoms with E-state index in [1.807, 2.05) is 6.08 Å². The van der Waals surface area contributed by atoms with Crippen LogP contribution in [0, 0.1) is 23.2 Å². The molecule has 0 aromatic heterocycles. The van der Waals surface area contributed by atoms with Crippen molar-refractivity contribution >= 4 is 15.7 Å². The van der Waals surface area contributed by atoms with Crippen LogP contribution in [0.2, 0.25) is 0 Å². The molecule has 1 aromatic rings. The van der Waals surface area contributed by atoms with E-state index in [2.05, 4.69) is 12.2 Å². The average molecular weight is 388 g/mol. The van der Waals surface area contributed by atoms with E-state index in [0.717, 1.165) is 23.3 Å². The molecule has 0 saturated heterocycles.